The number of aryl methyl sites for hydroxylation is 1. The number of hydrogen-bond acceptors (Lipinski definition) is 5. The van der Waals surface area contributed by atoms with E-state index < -0.39 is 5.97 Å². The Labute approximate surface area is 138 Å². The van der Waals surface area contributed by atoms with Crippen molar-refractivity contribution in [3.63, 3.8) is 0 Å². The van der Waals surface area contributed by atoms with E-state index in [4.69, 9.17) is 22.9 Å². The maximum absolute atomic E-state index is 12.0. The van der Waals surface area contributed by atoms with E-state index in [1.807, 2.05) is 4.68 Å². The molecule has 1 N–H and O–H groups in total. The third-order valence-electron chi connectivity index (χ3n) is 3.78. The van der Waals surface area contributed by atoms with Crippen LogP contribution in [0.3, 0.4) is 0 Å². The fraction of sp³-hybridized carbons (Fsp3) is 0.400. The minimum atomic E-state index is -0.552. The lowest BCUT2D eigenvalue weighted by atomic mass is 10.1. The zero-order valence-corrected chi connectivity index (χ0v) is 13.4. The van der Waals surface area contributed by atoms with Gasteiger partial charge >= 0.3 is 5.97 Å². The van der Waals surface area contributed by atoms with Gasteiger partial charge in [-0.3, -0.25) is 4.68 Å². The van der Waals surface area contributed by atoms with Gasteiger partial charge in [0.05, 0.1) is 24.1 Å². The van der Waals surface area contributed by atoms with Crippen molar-refractivity contribution in [2.75, 3.05) is 6.54 Å². The Morgan fingerprint density at radius 3 is 3.13 bits per heavy atom. The summed E-state index contributed by atoms with van der Waals surface area (Å²) in [4.78, 5) is 16.9. The number of aromatic nitrogens is 4. The molecule has 0 bridgehead atoms. The fourth-order valence-corrected chi connectivity index (χ4v) is 2.91. The van der Waals surface area contributed by atoms with Crippen molar-refractivity contribution in [3.05, 3.63) is 28.2 Å². The van der Waals surface area contributed by atoms with Gasteiger partial charge in [0.2, 0.25) is 0 Å². The van der Waals surface area contributed by atoms with Gasteiger partial charge < -0.3 is 4.84 Å². The summed E-state index contributed by atoms with van der Waals surface area (Å²) in [5.41, 5.74) is 4.35. The monoisotopic (exact) mass is 333 g/mol. The summed E-state index contributed by atoms with van der Waals surface area (Å²) in [5, 5.41) is 9.33. The molecule has 1 aliphatic rings. The predicted molar refractivity (Wildman–Crippen MR) is 84.3 cm³/mol. The van der Waals surface area contributed by atoms with Crippen molar-refractivity contribution in [2.24, 2.45) is 0 Å². The topological polar surface area (TPSA) is 74.0 Å². The molecule has 0 radical (unpaired) electrons. The zero-order chi connectivity index (χ0) is 16.4. The van der Waals surface area contributed by atoms with Crippen LogP contribution in [0.4, 0.5) is 0 Å². The second kappa shape index (κ2) is 6.44. The first-order chi connectivity index (χ1) is 11.1. The number of carbonyl (C=O) groups excluding carboxylic acids is 1. The van der Waals surface area contributed by atoms with Gasteiger partial charge in [0.1, 0.15) is 10.6 Å². The molecule has 120 valence electrons. The van der Waals surface area contributed by atoms with Gasteiger partial charge in [0, 0.05) is 6.54 Å². The standard InChI is InChI=1S/C15H16ClN5O2/c1-3-7-18-23-15(22)11-9-17-21(10(11)2)14-13(16)12-6-4-5-8-20(12)19-14/h1,9,18H,4-8H2,2H3. The number of terminal acetylenes is 1. The van der Waals surface area contributed by atoms with E-state index in [0.717, 1.165) is 31.5 Å². The highest BCUT2D eigenvalue weighted by atomic mass is 35.5. The van der Waals surface area contributed by atoms with Gasteiger partial charge in [-0.15, -0.1) is 11.9 Å². The third kappa shape index (κ3) is 2.83. The van der Waals surface area contributed by atoms with Crippen LogP contribution >= 0.6 is 11.6 Å². The highest BCUT2D eigenvalue weighted by Gasteiger charge is 2.24. The van der Waals surface area contributed by atoms with E-state index in [2.05, 4.69) is 21.6 Å². The highest BCUT2D eigenvalue weighted by Crippen LogP contribution is 2.29. The predicted octanol–water partition coefficient (Wildman–Crippen LogP) is 1.66. The van der Waals surface area contributed by atoms with Crippen molar-refractivity contribution in [1.29, 1.82) is 0 Å². The summed E-state index contributed by atoms with van der Waals surface area (Å²) in [5.74, 6) is 2.30. The number of carbonyl (C=O) groups is 1. The van der Waals surface area contributed by atoms with E-state index >= 15 is 0 Å². The minimum absolute atomic E-state index is 0.137. The molecule has 0 fully saturated rings. The number of rotatable bonds is 4. The van der Waals surface area contributed by atoms with E-state index in [1.54, 1.807) is 11.6 Å². The lowest BCUT2D eigenvalue weighted by molar-refractivity contribution is 0.0282. The van der Waals surface area contributed by atoms with Crippen LogP contribution in [0.15, 0.2) is 6.20 Å². The second-order valence-electron chi connectivity index (χ2n) is 5.23. The Morgan fingerprint density at radius 1 is 1.57 bits per heavy atom. The average molecular weight is 334 g/mol. The number of nitrogens with zero attached hydrogens (tertiary/aromatic N) is 4. The molecule has 0 saturated carbocycles. The van der Waals surface area contributed by atoms with Crippen molar-refractivity contribution < 1.29 is 9.63 Å². The van der Waals surface area contributed by atoms with E-state index in [1.165, 1.54) is 6.20 Å². The molecule has 0 amide bonds. The summed E-state index contributed by atoms with van der Waals surface area (Å²) in [7, 11) is 0. The Kier molecular flexibility index (Phi) is 4.37. The number of hydrogen-bond donors (Lipinski definition) is 1. The molecule has 7 nitrogen and oxygen atoms in total. The van der Waals surface area contributed by atoms with Crippen molar-refractivity contribution in [3.8, 4) is 18.2 Å². The Balaban J connectivity index is 1.89. The summed E-state index contributed by atoms with van der Waals surface area (Å²) in [6.45, 7) is 2.75. The van der Waals surface area contributed by atoms with Crippen molar-refractivity contribution in [1.82, 2.24) is 25.0 Å². The third-order valence-corrected chi connectivity index (χ3v) is 4.17. The molecule has 0 unspecified atom stereocenters. The summed E-state index contributed by atoms with van der Waals surface area (Å²) < 4.78 is 3.47. The first-order valence-corrected chi connectivity index (χ1v) is 7.69. The lowest BCUT2D eigenvalue weighted by Crippen LogP contribution is -2.20. The first-order valence-electron chi connectivity index (χ1n) is 7.31. The summed E-state index contributed by atoms with van der Waals surface area (Å²) in [6, 6.07) is 0. The number of nitrogens with one attached hydrogen (secondary N) is 1. The molecule has 8 heteroatoms. The SMILES string of the molecule is C#CCNOC(=O)c1cnn(-c2nn3c(c2Cl)CCCC3)c1C. The Bertz CT molecular complexity index is 787. The number of halogens is 1. The van der Waals surface area contributed by atoms with Crippen LogP contribution in [0.2, 0.25) is 5.02 Å². The van der Waals surface area contributed by atoms with Crippen molar-refractivity contribution in [2.45, 2.75) is 32.7 Å². The van der Waals surface area contributed by atoms with Crippen LogP contribution in [-0.4, -0.2) is 32.1 Å². The maximum atomic E-state index is 12.0. The molecular weight excluding hydrogens is 318 g/mol. The smallest absolute Gasteiger partial charge is 0.360 e. The van der Waals surface area contributed by atoms with E-state index in [0.29, 0.717) is 22.1 Å². The number of fused-ring (bicyclic) bond motifs is 1. The molecule has 3 heterocycles. The number of hydroxylamine groups is 1. The van der Waals surface area contributed by atoms with Crippen LogP contribution in [0.1, 0.15) is 34.6 Å². The molecule has 0 aliphatic carbocycles. The van der Waals surface area contributed by atoms with Gasteiger partial charge in [-0.1, -0.05) is 17.5 Å². The maximum Gasteiger partial charge on any atom is 0.360 e. The molecule has 0 aromatic carbocycles. The largest absolute Gasteiger partial charge is 0.366 e. The fourth-order valence-electron chi connectivity index (χ4n) is 2.60. The van der Waals surface area contributed by atoms with Crippen LogP contribution < -0.4 is 5.48 Å². The average Bonchev–Trinajstić information content (AvgIpc) is 3.08. The zero-order valence-electron chi connectivity index (χ0n) is 12.7. The van der Waals surface area contributed by atoms with Crippen LogP contribution in [0.5, 0.6) is 0 Å². The van der Waals surface area contributed by atoms with E-state index in [9.17, 15) is 4.79 Å². The van der Waals surface area contributed by atoms with Gasteiger partial charge in [0.15, 0.2) is 5.82 Å². The van der Waals surface area contributed by atoms with Gasteiger partial charge in [-0.25, -0.2) is 9.48 Å². The Morgan fingerprint density at radius 2 is 2.39 bits per heavy atom. The molecule has 2 aromatic heterocycles. The van der Waals surface area contributed by atoms with Crippen LogP contribution in [0.25, 0.3) is 5.82 Å². The van der Waals surface area contributed by atoms with Crippen LogP contribution in [-0.2, 0) is 17.8 Å². The molecule has 0 atom stereocenters. The molecule has 23 heavy (non-hydrogen) atoms. The van der Waals surface area contributed by atoms with Gasteiger partial charge in [0.25, 0.3) is 0 Å². The summed E-state index contributed by atoms with van der Waals surface area (Å²) >= 11 is 6.45. The van der Waals surface area contributed by atoms with Crippen LogP contribution in [0, 0.1) is 19.3 Å². The van der Waals surface area contributed by atoms with Gasteiger partial charge in [-0.05, 0) is 26.2 Å². The second-order valence-corrected chi connectivity index (χ2v) is 5.61. The molecule has 0 saturated heterocycles. The van der Waals surface area contributed by atoms with E-state index in [-0.39, 0.29) is 6.54 Å². The minimum Gasteiger partial charge on any atom is -0.366 e. The molecule has 3 rings (SSSR count). The molecular formula is C15H16ClN5O2. The molecule has 1 aliphatic heterocycles. The normalized spacial score (nSPS) is 13.4. The molecule has 0 spiro atoms. The van der Waals surface area contributed by atoms with Gasteiger partial charge in [-0.2, -0.15) is 10.2 Å². The highest BCUT2D eigenvalue weighted by molar-refractivity contribution is 6.32. The first kappa shape index (κ1) is 15.6. The summed E-state index contributed by atoms with van der Waals surface area (Å²) in [6.07, 6.45) is 9.60. The lowest BCUT2D eigenvalue weighted by Gasteiger charge is -2.12. The quantitative estimate of drug-likeness (QED) is 0.523. The van der Waals surface area contributed by atoms with Crippen molar-refractivity contribution >= 4 is 17.6 Å². The Hall–Kier alpha value is -2.30. The molecule has 2 aromatic rings.